The van der Waals surface area contributed by atoms with Crippen LogP contribution in [0.2, 0.25) is 0 Å². The van der Waals surface area contributed by atoms with E-state index in [-0.39, 0.29) is 12.1 Å². The van der Waals surface area contributed by atoms with Gasteiger partial charge in [0.25, 0.3) is 0 Å². The number of rotatable bonds is 4. The Kier molecular flexibility index (Phi) is 5.64. The molecular weight excluding hydrogens is 312 g/mol. The van der Waals surface area contributed by atoms with E-state index in [1.54, 1.807) is 11.0 Å². The number of carbonyl (C=O) groups excluding carboxylic acids is 2. The van der Waals surface area contributed by atoms with Crippen molar-refractivity contribution in [2.45, 2.75) is 45.3 Å². The van der Waals surface area contributed by atoms with Gasteiger partial charge in [-0.25, -0.2) is 9.59 Å². The minimum absolute atomic E-state index is 0.0540. The first-order valence-corrected chi connectivity index (χ1v) is 7.96. The van der Waals surface area contributed by atoms with Crippen LogP contribution in [0.3, 0.4) is 0 Å². The lowest BCUT2D eigenvalue weighted by Gasteiger charge is -2.28. The summed E-state index contributed by atoms with van der Waals surface area (Å²) in [6.45, 7) is 6.51. The second kappa shape index (κ2) is 7.51. The first-order valence-electron chi connectivity index (χ1n) is 7.96. The highest BCUT2D eigenvalue weighted by Gasteiger charge is 2.32. The fraction of sp³-hybridized carbons (Fsp3) is 0.588. The SMILES string of the molecule is COC(=O)c1cncc(OC[C@H]2CCCN2C(=O)OC(C)(C)C)c1. The quantitative estimate of drug-likeness (QED) is 0.787. The topological polar surface area (TPSA) is 78.0 Å². The molecule has 2 rings (SSSR count). The summed E-state index contributed by atoms with van der Waals surface area (Å²) >= 11 is 0. The summed E-state index contributed by atoms with van der Waals surface area (Å²) in [5.74, 6) is -0.00173. The predicted octanol–water partition coefficient (Wildman–Crippen LogP) is 2.65. The van der Waals surface area contributed by atoms with Crippen molar-refractivity contribution in [2.75, 3.05) is 20.3 Å². The third-order valence-electron chi connectivity index (χ3n) is 3.58. The molecule has 2 heterocycles. The monoisotopic (exact) mass is 336 g/mol. The molecule has 1 amide bonds. The van der Waals surface area contributed by atoms with E-state index in [4.69, 9.17) is 9.47 Å². The summed E-state index contributed by atoms with van der Waals surface area (Å²) in [7, 11) is 1.31. The molecule has 1 aliphatic rings. The van der Waals surface area contributed by atoms with Crippen molar-refractivity contribution >= 4 is 12.1 Å². The lowest BCUT2D eigenvalue weighted by atomic mass is 10.2. The van der Waals surface area contributed by atoms with Gasteiger partial charge in [-0.3, -0.25) is 4.98 Å². The third kappa shape index (κ3) is 4.84. The maximum absolute atomic E-state index is 12.2. The number of likely N-dealkylation sites (tertiary alicyclic amines) is 1. The van der Waals surface area contributed by atoms with Crippen LogP contribution >= 0.6 is 0 Å². The molecular formula is C17H24N2O5. The Bertz CT molecular complexity index is 597. The third-order valence-corrected chi connectivity index (χ3v) is 3.58. The Morgan fingerprint density at radius 3 is 2.75 bits per heavy atom. The van der Waals surface area contributed by atoms with E-state index in [1.807, 2.05) is 20.8 Å². The van der Waals surface area contributed by atoms with Gasteiger partial charge < -0.3 is 19.1 Å². The highest BCUT2D eigenvalue weighted by Crippen LogP contribution is 2.22. The first-order chi connectivity index (χ1) is 11.3. The van der Waals surface area contributed by atoms with Crippen LogP contribution in [0.15, 0.2) is 18.5 Å². The zero-order chi connectivity index (χ0) is 17.7. The summed E-state index contributed by atoms with van der Waals surface area (Å²) in [4.78, 5) is 29.4. The maximum atomic E-state index is 12.2. The van der Waals surface area contributed by atoms with Gasteiger partial charge in [0, 0.05) is 12.7 Å². The molecule has 0 spiro atoms. The maximum Gasteiger partial charge on any atom is 0.410 e. The van der Waals surface area contributed by atoms with Crippen molar-refractivity contribution in [2.24, 2.45) is 0 Å². The molecule has 24 heavy (non-hydrogen) atoms. The van der Waals surface area contributed by atoms with Crippen LogP contribution in [0, 0.1) is 0 Å². The van der Waals surface area contributed by atoms with E-state index < -0.39 is 11.6 Å². The van der Waals surface area contributed by atoms with Crippen LogP contribution in [-0.4, -0.2) is 53.9 Å². The Labute approximate surface area is 141 Å². The Balaban J connectivity index is 1.96. The number of hydrogen-bond acceptors (Lipinski definition) is 6. The number of ether oxygens (including phenoxy) is 3. The van der Waals surface area contributed by atoms with Gasteiger partial charge in [0.15, 0.2) is 0 Å². The number of methoxy groups -OCH3 is 1. The number of amides is 1. The van der Waals surface area contributed by atoms with Crippen LogP contribution in [0.4, 0.5) is 4.79 Å². The Morgan fingerprint density at radius 1 is 1.33 bits per heavy atom. The van der Waals surface area contributed by atoms with E-state index >= 15 is 0 Å². The van der Waals surface area contributed by atoms with Gasteiger partial charge in [0.2, 0.25) is 0 Å². The van der Waals surface area contributed by atoms with Crippen molar-refractivity contribution in [1.82, 2.24) is 9.88 Å². The van der Waals surface area contributed by atoms with Crippen LogP contribution in [-0.2, 0) is 9.47 Å². The van der Waals surface area contributed by atoms with Crippen LogP contribution in [0.5, 0.6) is 5.75 Å². The minimum atomic E-state index is -0.524. The lowest BCUT2D eigenvalue weighted by molar-refractivity contribution is 0.0187. The van der Waals surface area contributed by atoms with Crippen LogP contribution in [0.25, 0.3) is 0 Å². The average Bonchev–Trinajstić information content (AvgIpc) is 2.99. The van der Waals surface area contributed by atoms with Crippen molar-refractivity contribution in [3.63, 3.8) is 0 Å². The van der Waals surface area contributed by atoms with Crippen molar-refractivity contribution in [3.05, 3.63) is 24.0 Å². The van der Waals surface area contributed by atoms with E-state index in [0.717, 1.165) is 12.8 Å². The highest BCUT2D eigenvalue weighted by atomic mass is 16.6. The number of aromatic nitrogens is 1. The molecule has 1 fully saturated rings. The molecule has 7 nitrogen and oxygen atoms in total. The second-order valence-electron chi connectivity index (χ2n) is 6.68. The van der Waals surface area contributed by atoms with E-state index in [9.17, 15) is 9.59 Å². The van der Waals surface area contributed by atoms with Crippen molar-refractivity contribution < 1.29 is 23.8 Å². The summed E-state index contributed by atoms with van der Waals surface area (Å²) in [6, 6.07) is 1.52. The molecule has 0 aliphatic carbocycles. The van der Waals surface area contributed by atoms with Crippen LogP contribution in [0.1, 0.15) is 44.0 Å². The average molecular weight is 336 g/mol. The number of esters is 1. The van der Waals surface area contributed by atoms with Gasteiger partial charge >= 0.3 is 12.1 Å². The van der Waals surface area contributed by atoms with Gasteiger partial charge in [-0.15, -0.1) is 0 Å². The largest absolute Gasteiger partial charge is 0.490 e. The molecule has 0 radical (unpaired) electrons. The molecule has 0 aromatic carbocycles. The molecule has 7 heteroatoms. The summed E-state index contributed by atoms with van der Waals surface area (Å²) in [6.07, 6.45) is 4.38. The molecule has 1 aromatic heterocycles. The van der Waals surface area contributed by atoms with Gasteiger partial charge in [0.05, 0.1) is 24.9 Å². The van der Waals surface area contributed by atoms with E-state index in [2.05, 4.69) is 9.72 Å². The number of hydrogen-bond donors (Lipinski definition) is 0. The minimum Gasteiger partial charge on any atom is -0.490 e. The number of nitrogens with zero attached hydrogens (tertiary/aromatic N) is 2. The first kappa shape index (κ1) is 18.0. The summed E-state index contributed by atoms with van der Waals surface area (Å²) < 4.78 is 15.8. The predicted molar refractivity (Wildman–Crippen MR) is 87.0 cm³/mol. The molecule has 132 valence electrons. The zero-order valence-electron chi connectivity index (χ0n) is 14.6. The molecule has 1 aromatic rings. The Morgan fingerprint density at radius 2 is 2.08 bits per heavy atom. The van der Waals surface area contributed by atoms with E-state index in [0.29, 0.717) is 24.5 Å². The summed E-state index contributed by atoms with van der Waals surface area (Å²) in [5.41, 5.74) is -0.199. The van der Waals surface area contributed by atoms with E-state index in [1.165, 1.54) is 19.5 Å². The smallest absolute Gasteiger partial charge is 0.410 e. The molecule has 1 aliphatic heterocycles. The van der Waals surface area contributed by atoms with Crippen molar-refractivity contribution in [1.29, 1.82) is 0 Å². The fourth-order valence-electron chi connectivity index (χ4n) is 2.49. The van der Waals surface area contributed by atoms with Gasteiger partial charge in [-0.1, -0.05) is 0 Å². The molecule has 1 atom stereocenters. The van der Waals surface area contributed by atoms with Gasteiger partial charge in [0.1, 0.15) is 18.0 Å². The van der Waals surface area contributed by atoms with Gasteiger partial charge in [-0.2, -0.15) is 0 Å². The fourth-order valence-corrected chi connectivity index (χ4v) is 2.49. The highest BCUT2D eigenvalue weighted by molar-refractivity contribution is 5.89. The zero-order valence-corrected chi connectivity index (χ0v) is 14.6. The summed E-state index contributed by atoms with van der Waals surface area (Å²) in [5, 5.41) is 0. The number of carbonyl (C=O) groups is 2. The van der Waals surface area contributed by atoms with Gasteiger partial charge in [-0.05, 0) is 39.7 Å². The van der Waals surface area contributed by atoms with Crippen LogP contribution < -0.4 is 4.74 Å². The second-order valence-corrected chi connectivity index (χ2v) is 6.68. The molecule has 0 bridgehead atoms. The van der Waals surface area contributed by atoms with Crippen molar-refractivity contribution in [3.8, 4) is 5.75 Å². The standard InChI is InChI=1S/C17H24N2O5/c1-17(2,3)24-16(21)19-7-5-6-13(19)11-23-14-8-12(9-18-10-14)15(20)22-4/h8-10,13H,5-7,11H2,1-4H3/t13-/m1/s1. The Hall–Kier alpha value is -2.31. The normalized spacial score (nSPS) is 17.5. The molecule has 1 saturated heterocycles. The molecule has 0 saturated carbocycles. The number of pyridine rings is 1. The lowest BCUT2D eigenvalue weighted by Crippen LogP contribution is -2.42. The molecule has 0 N–H and O–H groups in total. The molecule has 0 unspecified atom stereocenters.